The van der Waals surface area contributed by atoms with Gasteiger partial charge >= 0.3 is 5.95 Å². The fourth-order valence-electron chi connectivity index (χ4n) is 2.21. The van der Waals surface area contributed by atoms with E-state index in [1.165, 1.54) is 12.5 Å². The Hall–Kier alpha value is -2.09. The lowest BCUT2D eigenvalue weighted by Crippen LogP contribution is -2.42. The van der Waals surface area contributed by atoms with E-state index in [0.29, 0.717) is 17.0 Å². The zero-order valence-corrected chi connectivity index (χ0v) is 11.5. The highest BCUT2D eigenvalue weighted by Crippen LogP contribution is 2.21. The second-order valence-electron chi connectivity index (χ2n) is 4.52. The summed E-state index contributed by atoms with van der Waals surface area (Å²) in [6, 6.07) is 1.53. The van der Waals surface area contributed by atoms with Gasteiger partial charge in [-0.3, -0.25) is 4.79 Å². The number of carbonyl (C=O) groups is 1. The average Bonchev–Trinajstić information content (AvgIpc) is 2.48. The summed E-state index contributed by atoms with van der Waals surface area (Å²) in [5.74, 6) is 0.417. The van der Waals surface area contributed by atoms with E-state index in [-0.39, 0.29) is 18.4 Å². The van der Waals surface area contributed by atoms with Crippen LogP contribution < -0.4 is 20.4 Å². The Morgan fingerprint density at radius 2 is 2.25 bits per heavy atom. The smallest absolute Gasteiger partial charge is 0.346 e. The molecule has 8 nitrogen and oxygen atoms in total. The summed E-state index contributed by atoms with van der Waals surface area (Å²) in [4.78, 5) is 22.3. The fourth-order valence-corrected chi connectivity index (χ4v) is 2.21. The van der Waals surface area contributed by atoms with Crippen LogP contribution in [-0.2, 0) is 9.63 Å². The second-order valence-corrected chi connectivity index (χ2v) is 4.52. The quantitative estimate of drug-likeness (QED) is 0.358. The molecule has 110 valence electrons. The van der Waals surface area contributed by atoms with E-state index in [2.05, 4.69) is 9.88 Å². The summed E-state index contributed by atoms with van der Waals surface area (Å²) >= 11 is 0. The molecule has 2 rings (SSSR count). The first kappa shape index (κ1) is 14.3. The standard InChI is InChI=1S/C12H19N5O3/c1-2-20-16(9-18)11-8-10(14-12(13)17(11)19)15-6-4-3-5-7-15/h8-9H,2-7H2,1H3,(H2,13,14). The van der Waals surface area contributed by atoms with Crippen LogP contribution in [0.25, 0.3) is 0 Å². The first-order chi connectivity index (χ1) is 9.67. The number of piperidine rings is 1. The molecule has 0 atom stereocenters. The molecule has 0 saturated carbocycles. The lowest BCUT2D eigenvalue weighted by molar-refractivity contribution is -0.580. The monoisotopic (exact) mass is 281 g/mol. The van der Waals surface area contributed by atoms with Gasteiger partial charge < -0.3 is 15.8 Å². The minimum Gasteiger partial charge on any atom is -0.754 e. The molecule has 2 heterocycles. The maximum absolute atomic E-state index is 11.9. The van der Waals surface area contributed by atoms with Crippen LogP contribution in [0.1, 0.15) is 26.2 Å². The van der Waals surface area contributed by atoms with E-state index < -0.39 is 0 Å². The molecule has 0 aromatic carbocycles. The predicted octanol–water partition coefficient (Wildman–Crippen LogP) is 0.202. The number of hydroxylamine groups is 1. The van der Waals surface area contributed by atoms with Gasteiger partial charge in [-0.2, -0.15) is 0 Å². The zero-order valence-electron chi connectivity index (χ0n) is 11.5. The average molecular weight is 281 g/mol. The van der Waals surface area contributed by atoms with Crippen molar-refractivity contribution in [2.45, 2.75) is 26.2 Å². The highest BCUT2D eigenvalue weighted by molar-refractivity contribution is 5.70. The Bertz CT molecular complexity index is 476. The van der Waals surface area contributed by atoms with E-state index in [9.17, 15) is 10.0 Å². The van der Waals surface area contributed by atoms with Crippen LogP contribution in [0.4, 0.5) is 17.6 Å². The van der Waals surface area contributed by atoms with Crippen molar-refractivity contribution >= 4 is 24.0 Å². The Kier molecular flexibility index (Phi) is 4.57. The van der Waals surface area contributed by atoms with Crippen LogP contribution >= 0.6 is 0 Å². The van der Waals surface area contributed by atoms with Crippen molar-refractivity contribution in [2.75, 3.05) is 35.4 Å². The van der Waals surface area contributed by atoms with E-state index in [1.807, 2.05) is 0 Å². The molecule has 1 amide bonds. The molecule has 1 fully saturated rings. The van der Waals surface area contributed by atoms with E-state index in [1.54, 1.807) is 6.92 Å². The number of hydrogen-bond acceptors (Lipinski definition) is 6. The van der Waals surface area contributed by atoms with Crippen molar-refractivity contribution in [1.82, 2.24) is 4.98 Å². The molecule has 0 spiro atoms. The van der Waals surface area contributed by atoms with E-state index >= 15 is 0 Å². The van der Waals surface area contributed by atoms with Gasteiger partial charge in [0.2, 0.25) is 5.82 Å². The van der Waals surface area contributed by atoms with Gasteiger partial charge in [-0.05, 0) is 26.2 Å². The summed E-state index contributed by atoms with van der Waals surface area (Å²) in [6.07, 6.45) is 3.78. The number of anilines is 3. The number of amides is 1. The molecule has 1 saturated heterocycles. The first-order valence-electron chi connectivity index (χ1n) is 6.69. The minimum atomic E-state index is -0.199. The Morgan fingerprint density at radius 3 is 2.85 bits per heavy atom. The van der Waals surface area contributed by atoms with Crippen molar-refractivity contribution in [3.8, 4) is 0 Å². The number of nitrogens with zero attached hydrogens (tertiary/aromatic N) is 4. The minimum absolute atomic E-state index is 0.0231. The van der Waals surface area contributed by atoms with Crippen molar-refractivity contribution < 1.29 is 14.4 Å². The van der Waals surface area contributed by atoms with Crippen molar-refractivity contribution in [3.63, 3.8) is 0 Å². The molecule has 0 aliphatic carbocycles. The Balaban J connectivity index is 2.35. The topological polar surface area (TPSA) is 98.6 Å². The normalized spacial score (nSPS) is 15.2. The van der Waals surface area contributed by atoms with E-state index in [0.717, 1.165) is 31.0 Å². The number of hydrogen-bond donors (Lipinski definition) is 1. The van der Waals surface area contributed by atoms with Crippen LogP contribution in [-0.4, -0.2) is 31.1 Å². The van der Waals surface area contributed by atoms with Gasteiger partial charge in [-0.15, -0.1) is 5.06 Å². The van der Waals surface area contributed by atoms with Crippen molar-refractivity contribution in [2.24, 2.45) is 0 Å². The molecular weight excluding hydrogens is 262 g/mol. The lowest BCUT2D eigenvalue weighted by Gasteiger charge is -2.27. The number of nitrogens with two attached hydrogens (primary N) is 1. The summed E-state index contributed by atoms with van der Waals surface area (Å²) in [7, 11) is 0. The molecule has 0 radical (unpaired) electrons. The van der Waals surface area contributed by atoms with Gasteiger partial charge in [-0.1, -0.05) is 4.98 Å². The van der Waals surface area contributed by atoms with Gasteiger partial charge in [0, 0.05) is 13.1 Å². The maximum atomic E-state index is 11.9. The van der Waals surface area contributed by atoms with Crippen molar-refractivity contribution in [1.29, 1.82) is 0 Å². The molecule has 1 aromatic rings. The number of rotatable bonds is 5. The number of carbonyl (C=O) groups excluding carboxylic acids is 1. The third-order valence-electron chi connectivity index (χ3n) is 3.17. The first-order valence-corrected chi connectivity index (χ1v) is 6.69. The van der Waals surface area contributed by atoms with Crippen LogP contribution in [0.3, 0.4) is 0 Å². The van der Waals surface area contributed by atoms with Gasteiger partial charge in [0.15, 0.2) is 5.82 Å². The van der Waals surface area contributed by atoms with Crippen molar-refractivity contribution in [3.05, 3.63) is 11.3 Å². The van der Waals surface area contributed by atoms with Crippen LogP contribution in [0.15, 0.2) is 6.07 Å². The SMILES string of the molecule is CCON(C=O)c1cc(N2CCCCC2)nc(N)[n+]1[O-]. The molecule has 1 aliphatic heterocycles. The summed E-state index contributed by atoms with van der Waals surface area (Å²) in [5.41, 5.74) is 5.63. The molecule has 0 unspecified atom stereocenters. The third kappa shape index (κ3) is 2.90. The van der Waals surface area contributed by atoms with Crippen LogP contribution in [0.2, 0.25) is 0 Å². The van der Waals surface area contributed by atoms with Crippen LogP contribution in [0.5, 0.6) is 0 Å². The lowest BCUT2D eigenvalue weighted by atomic mass is 10.1. The highest BCUT2D eigenvalue weighted by atomic mass is 16.7. The Labute approximate surface area is 117 Å². The van der Waals surface area contributed by atoms with Crippen LogP contribution in [0, 0.1) is 5.21 Å². The third-order valence-corrected chi connectivity index (χ3v) is 3.17. The zero-order chi connectivity index (χ0) is 14.5. The van der Waals surface area contributed by atoms with Gasteiger partial charge in [0.1, 0.15) is 0 Å². The molecule has 0 bridgehead atoms. The highest BCUT2D eigenvalue weighted by Gasteiger charge is 2.22. The second kappa shape index (κ2) is 6.38. The molecule has 1 aromatic heterocycles. The summed E-state index contributed by atoms with van der Waals surface area (Å²) in [5, 5.41) is 12.8. The maximum Gasteiger partial charge on any atom is 0.346 e. The summed E-state index contributed by atoms with van der Waals surface area (Å²) in [6.45, 7) is 3.72. The van der Waals surface area contributed by atoms with Gasteiger partial charge in [0.25, 0.3) is 6.41 Å². The van der Waals surface area contributed by atoms with Gasteiger partial charge in [0.05, 0.1) is 12.7 Å². The number of nitrogen functional groups attached to an aromatic ring is 1. The largest absolute Gasteiger partial charge is 0.754 e. The van der Waals surface area contributed by atoms with Gasteiger partial charge in [-0.25, -0.2) is 9.57 Å². The molecule has 2 N–H and O–H groups in total. The summed E-state index contributed by atoms with van der Waals surface area (Å²) < 4.78 is 0.386. The molecular formula is C12H19N5O3. The molecule has 20 heavy (non-hydrogen) atoms. The molecule has 8 heteroatoms. The Morgan fingerprint density at radius 1 is 1.55 bits per heavy atom. The molecule has 1 aliphatic rings. The fraction of sp³-hybridized carbons (Fsp3) is 0.583. The number of aromatic nitrogens is 2. The predicted molar refractivity (Wildman–Crippen MR) is 73.8 cm³/mol. The van der Waals surface area contributed by atoms with E-state index in [4.69, 9.17) is 10.6 Å².